The molecule has 3 rings (SSSR count). The Hall–Kier alpha value is -2.32. The van der Waals surface area contributed by atoms with Crippen LogP contribution in [0.15, 0.2) is 17.5 Å². The molecule has 8 heteroatoms. The molecule has 1 saturated carbocycles. The van der Waals surface area contributed by atoms with Crippen LogP contribution in [0.1, 0.15) is 35.2 Å². The van der Waals surface area contributed by atoms with E-state index in [9.17, 15) is 28.6 Å². The maximum absolute atomic E-state index is 14.3. The van der Waals surface area contributed by atoms with E-state index >= 15 is 0 Å². The topological polar surface area (TPSA) is 86.6 Å². The number of benzene rings is 1. The molecule has 5 nitrogen and oxygen atoms in total. The molecule has 0 spiro atoms. The number of amides is 1. The lowest BCUT2D eigenvalue weighted by molar-refractivity contribution is -0.122. The molecule has 2 aromatic rings. The lowest BCUT2D eigenvalue weighted by Gasteiger charge is -2.14. The number of nitrogens with one attached hydrogen (secondary N) is 1. The average molecular weight is 381 g/mol. The van der Waals surface area contributed by atoms with Crippen molar-refractivity contribution in [3.8, 4) is 11.1 Å². The predicted molar refractivity (Wildman–Crippen MR) is 93.3 cm³/mol. The Labute approximate surface area is 152 Å². The van der Waals surface area contributed by atoms with E-state index in [1.165, 1.54) is 24.4 Å². The lowest BCUT2D eigenvalue weighted by Crippen LogP contribution is -2.28. The molecule has 2 atom stereocenters. The molecule has 26 heavy (non-hydrogen) atoms. The van der Waals surface area contributed by atoms with Gasteiger partial charge in [0.05, 0.1) is 12.0 Å². The Morgan fingerprint density at radius 1 is 1.19 bits per heavy atom. The predicted octanol–water partition coefficient (Wildman–Crippen LogP) is 3.80. The first kappa shape index (κ1) is 18.5. The zero-order valence-corrected chi connectivity index (χ0v) is 14.7. The highest BCUT2D eigenvalue weighted by atomic mass is 32.1. The lowest BCUT2D eigenvalue weighted by atomic mass is 10.0. The summed E-state index contributed by atoms with van der Waals surface area (Å²) in [5, 5.41) is 23.3. The minimum atomic E-state index is -1.36. The van der Waals surface area contributed by atoms with Crippen LogP contribution in [0.25, 0.3) is 11.1 Å². The fourth-order valence-corrected chi connectivity index (χ4v) is 4.12. The van der Waals surface area contributed by atoms with Crippen molar-refractivity contribution >= 4 is 28.2 Å². The average Bonchev–Trinajstić information content (AvgIpc) is 3.19. The van der Waals surface area contributed by atoms with Crippen molar-refractivity contribution in [2.45, 2.75) is 32.3 Å². The third-order valence-electron chi connectivity index (χ3n) is 4.62. The van der Waals surface area contributed by atoms with Crippen molar-refractivity contribution in [3.05, 3.63) is 40.3 Å². The monoisotopic (exact) mass is 381 g/mol. The maximum atomic E-state index is 14.3. The van der Waals surface area contributed by atoms with E-state index in [4.69, 9.17) is 0 Å². The zero-order chi connectivity index (χ0) is 19.0. The molecule has 1 heterocycles. The molecule has 0 saturated heterocycles. The van der Waals surface area contributed by atoms with Crippen LogP contribution in [0.5, 0.6) is 0 Å². The second-order valence-electron chi connectivity index (χ2n) is 6.31. The summed E-state index contributed by atoms with van der Waals surface area (Å²) in [6.45, 7) is 1.41. The van der Waals surface area contributed by atoms with E-state index in [2.05, 4.69) is 5.32 Å². The van der Waals surface area contributed by atoms with E-state index in [0.717, 1.165) is 11.3 Å². The quantitative estimate of drug-likeness (QED) is 0.752. The number of aryl methyl sites for hydroxylation is 1. The molecule has 1 aromatic heterocycles. The number of rotatable bonds is 4. The number of aliphatic hydroxyl groups excluding tert-OH is 1. The van der Waals surface area contributed by atoms with Gasteiger partial charge in [0.2, 0.25) is 5.91 Å². The van der Waals surface area contributed by atoms with Gasteiger partial charge in [-0.05, 0) is 31.7 Å². The van der Waals surface area contributed by atoms with Crippen molar-refractivity contribution in [2.24, 2.45) is 5.92 Å². The molecule has 1 fully saturated rings. The number of thiophene rings is 1. The molecule has 0 radical (unpaired) electrons. The third-order valence-corrected chi connectivity index (χ3v) is 5.52. The highest BCUT2D eigenvalue weighted by molar-refractivity contribution is 7.15. The van der Waals surface area contributed by atoms with Gasteiger partial charge in [0, 0.05) is 16.5 Å². The van der Waals surface area contributed by atoms with E-state index in [1.807, 2.05) is 0 Å². The van der Waals surface area contributed by atoms with Gasteiger partial charge >= 0.3 is 5.97 Å². The van der Waals surface area contributed by atoms with Crippen LogP contribution in [-0.4, -0.2) is 28.2 Å². The van der Waals surface area contributed by atoms with Crippen LogP contribution >= 0.6 is 11.3 Å². The first-order chi connectivity index (χ1) is 12.3. The van der Waals surface area contributed by atoms with Gasteiger partial charge in [-0.25, -0.2) is 13.6 Å². The number of hydrogen-bond acceptors (Lipinski definition) is 4. The van der Waals surface area contributed by atoms with Gasteiger partial charge in [-0.3, -0.25) is 4.79 Å². The number of carboxylic acid groups (broad SMARTS) is 1. The Morgan fingerprint density at radius 2 is 1.92 bits per heavy atom. The van der Waals surface area contributed by atoms with Crippen molar-refractivity contribution in [2.75, 3.05) is 5.32 Å². The van der Waals surface area contributed by atoms with Crippen molar-refractivity contribution in [1.82, 2.24) is 0 Å². The number of halogens is 2. The Balaban J connectivity index is 1.98. The molecular formula is C18H17F2NO4S. The summed E-state index contributed by atoms with van der Waals surface area (Å²) in [7, 11) is 0. The largest absolute Gasteiger partial charge is 0.478 e. The van der Waals surface area contributed by atoms with Gasteiger partial charge in [-0.1, -0.05) is 12.1 Å². The molecule has 0 aliphatic heterocycles. The molecule has 1 aromatic carbocycles. The smallest absolute Gasteiger partial charge is 0.339 e. The van der Waals surface area contributed by atoms with E-state index in [1.54, 1.807) is 0 Å². The number of aliphatic hydroxyl groups is 1. The second kappa shape index (κ2) is 7.13. The summed E-state index contributed by atoms with van der Waals surface area (Å²) >= 11 is 0.923. The number of anilines is 1. The molecule has 1 aliphatic carbocycles. The summed E-state index contributed by atoms with van der Waals surface area (Å²) in [5.41, 5.74) is -0.357. The van der Waals surface area contributed by atoms with E-state index in [0.29, 0.717) is 19.3 Å². The standard InChI is InChI=1S/C18H17F2NO4S/c1-8-5-6-9(15(20)14(8)19)11-7-26-17(13(11)18(24)25)21-16(23)10-3-2-4-12(10)22/h5-7,10,12,22H,2-4H2,1H3,(H,21,23)(H,24,25). The van der Waals surface area contributed by atoms with Crippen LogP contribution in [0.3, 0.4) is 0 Å². The first-order valence-electron chi connectivity index (χ1n) is 8.10. The van der Waals surface area contributed by atoms with Crippen LogP contribution in [0, 0.1) is 24.5 Å². The number of carbonyl (C=O) groups is 2. The van der Waals surface area contributed by atoms with Crippen LogP contribution in [-0.2, 0) is 4.79 Å². The third kappa shape index (κ3) is 3.22. The summed E-state index contributed by atoms with van der Waals surface area (Å²) in [6.07, 6.45) is 0.999. The minimum Gasteiger partial charge on any atom is -0.478 e. The van der Waals surface area contributed by atoms with Gasteiger partial charge < -0.3 is 15.5 Å². The van der Waals surface area contributed by atoms with Gasteiger partial charge in [-0.15, -0.1) is 11.3 Å². The zero-order valence-electron chi connectivity index (χ0n) is 13.9. The molecule has 2 unspecified atom stereocenters. The van der Waals surface area contributed by atoms with Crippen LogP contribution < -0.4 is 5.32 Å². The fraction of sp³-hybridized carbons (Fsp3) is 0.333. The first-order valence-corrected chi connectivity index (χ1v) is 8.98. The molecule has 0 bridgehead atoms. The van der Waals surface area contributed by atoms with Crippen molar-refractivity contribution in [3.63, 3.8) is 0 Å². The molecule has 1 amide bonds. The maximum Gasteiger partial charge on any atom is 0.339 e. The Morgan fingerprint density at radius 3 is 2.54 bits per heavy atom. The second-order valence-corrected chi connectivity index (χ2v) is 7.19. The van der Waals surface area contributed by atoms with Gasteiger partial charge in [0.1, 0.15) is 10.6 Å². The molecule has 3 N–H and O–H groups in total. The van der Waals surface area contributed by atoms with E-state index in [-0.39, 0.29) is 27.3 Å². The molecule has 138 valence electrons. The molecule has 1 aliphatic rings. The van der Waals surface area contributed by atoms with Gasteiger partial charge in [0.15, 0.2) is 11.6 Å². The fourth-order valence-electron chi connectivity index (χ4n) is 3.17. The van der Waals surface area contributed by atoms with Crippen LogP contribution in [0.4, 0.5) is 13.8 Å². The van der Waals surface area contributed by atoms with Gasteiger partial charge in [0.25, 0.3) is 0 Å². The molecular weight excluding hydrogens is 364 g/mol. The van der Waals surface area contributed by atoms with E-state index < -0.39 is 35.5 Å². The summed E-state index contributed by atoms with van der Waals surface area (Å²) in [5.74, 6) is -4.60. The summed E-state index contributed by atoms with van der Waals surface area (Å²) in [6, 6.07) is 2.68. The summed E-state index contributed by atoms with van der Waals surface area (Å²) < 4.78 is 28.1. The van der Waals surface area contributed by atoms with Gasteiger partial charge in [-0.2, -0.15) is 0 Å². The number of hydrogen-bond donors (Lipinski definition) is 3. The number of carboxylic acids is 1. The number of carbonyl (C=O) groups excluding carboxylic acids is 1. The Kier molecular flexibility index (Phi) is 5.06. The van der Waals surface area contributed by atoms with Crippen LogP contribution in [0.2, 0.25) is 0 Å². The van der Waals surface area contributed by atoms with Crippen molar-refractivity contribution < 1.29 is 28.6 Å². The summed E-state index contributed by atoms with van der Waals surface area (Å²) in [4.78, 5) is 24.0. The normalized spacial score (nSPS) is 19.5. The number of aromatic carboxylic acids is 1. The highest BCUT2D eigenvalue weighted by Gasteiger charge is 2.33. The van der Waals surface area contributed by atoms with Crippen molar-refractivity contribution in [1.29, 1.82) is 0 Å². The highest BCUT2D eigenvalue weighted by Crippen LogP contribution is 2.38. The Bertz CT molecular complexity index is 880. The minimum absolute atomic E-state index is 0.00108. The SMILES string of the molecule is Cc1ccc(-c2csc(NC(=O)C3CCCC3O)c2C(=O)O)c(F)c1F.